The van der Waals surface area contributed by atoms with Gasteiger partial charge >= 0.3 is 0 Å². The maximum Gasteiger partial charge on any atom is 0.255 e. The highest BCUT2D eigenvalue weighted by atomic mass is 79.9. The fraction of sp³-hybridized carbons (Fsp3) is 0.562. The third kappa shape index (κ3) is 4.78. The second kappa shape index (κ2) is 9.50. The number of amides is 1. The summed E-state index contributed by atoms with van der Waals surface area (Å²) in [5.74, 6) is -0.297. The zero-order valence-electron chi connectivity index (χ0n) is 14.3. The number of carbonyl (C=O) groups is 1. The lowest BCUT2D eigenvalue weighted by Gasteiger charge is -2.23. The van der Waals surface area contributed by atoms with Gasteiger partial charge in [-0.25, -0.2) is 8.42 Å². The van der Waals surface area contributed by atoms with Crippen molar-refractivity contribution in [3.63, 3.8) is 0 Å². The van der Waals surface area contributed by atoms with Crippen LogP contribution in [0.2, 0.25) is 0 Å². The van der Waals surface area contributed by atoms with Crippen LogP contribution in [0.5, 0.6) is 0 Å². The van der Waals surface area contributed by atoms with E-state index in [4.69, 9.17) is 5.11 Å². The van der Waals surface area contributed by atoms with Crippen LogP contribution < -0.4 is 0 Å². The predicted molar refractivity (Wildman–Crippen MR) is 97.5 cm³/mol. The van der Waals surface area contributed by atoms with Gasteiger partial charge in [0.25, 0.3) is 5.91 Å². The SMILES string of the molecule is CCCN(CCO)C(=O)c1cc(S(=O)(=O)N(CC)CC)ccc1Br. The Labute approximate surface area is 152 Å². The molecule has 0 aromatic heterocycles. The highest BCUT2D eigenvalue weighted by molar-refractivity contribution is 9.10. The van der Waals surface area contributed by atoms with Crippen LogP contribution in [-0.4, -0.2) is 61.4 Å². The van der Waals surface area contributed by atoms with Crippen molar-refractivity contribution in [2.75, 3.05) is 32.8 Å². The van der Waals surface area contributed by atoms with Gasteiger partial charge in [-0.15, -0.1) is 0 Å². The van der Waals surface area contributed by atoms with Gasteiger partial charge in [0.1, 0.15) is 0 Å². The molecule has 0 heterocycles. The van der Waals surface area contributed by atoms with E-state index in [9.17, 15) is 13.2 Å². The van der Waals surface area contributed by atoms with E-state index in [1.807, 2.05) is 6.92 Å². The zero-order chi connectivity index (χ0) is 18.3. The average Bonchev–Trinajstić information content (AvgIpc) is 2.55. The van der Waals surface area contributed by atoms with Gasteiger partial charge in [0, 0.05) is 30.7 Å². The van der Waals surface area contributed by atoms with Crippen molar-refractivity contribution in [1.29, 1.82) is 0 Å². The van der Waals surface area contributed by atoms with E-state index < -0.39 is 10.0 Å². The molecule has 0 fully saturated rings. The van der Waals surface area contributed by atoms with Gasteiger partial charge in [-0.05, 0) is 40.5 Å². The molecule has 0 saturated carbocycles. The fourth-order valence-electron chi connectivity index (χ4n) is 2.42. The molecule has 1 rings (SSSR count). The first kappa shape index (κ1) is 21.1. The Morgan fingerprint density at radius 3 is 2.29 bits per heavy atom. The van der Waals surface area contributed by atoms with Crippen LogP contribution in [0.25, 0.3) is 0 Å². The maximum absolute atomic E-state index is 12.7. The third-order valence-corrected chi connectivity index (χ3v) is 6.40. The van der Waals surface area contributed by atoms with Crippen LogP contribution in [0.1, 0.15) is 37.6 Å². The van der Waals surface area contributed by atoms with Crippen molar-refractivity contribution < 1.29 is 18.3 Å². The number of nitrogens with zero attached hydrogens (tertiary/aromatic N) is 2. The molecule has 6 nitrogen and oxygen atoms in total. The molecule has 24 heavy (non-hydrogen) atoms. The van der Waals surface area contributed by atoms with Gasteiger partial charge in [0.15, 0.2) is 0 Å². The normalized spacial score (nSPS) is 11.8. The Balaban J connectivity index is 3.29. The first-order valence-corrected chi connectivity index (χ1v) is 10.3. The lowest BCUT2D eigenvalue weighted by Crippen LogP contribution is -2.35. The van der Waals surface area contributed by atoms with E-state index in [1.165, 1.54) is 21.3 Å². The number of aliphatic hydroxyl groups is 1. The Morgan fingerprint density at radius 2 is 1.79 bits per heavy atom. The molecule has 136 valence electrons. The van der Waals surface area contributed by atoms with Gasteiger partial charge in [0.05, 0.1) is 17.1 Å². The maximum atomic E-state index is 12.7. The minimum Gasteiger partial charge on any atom is -0.395 e. The van der Waals surface area contributed by atoms with Crippen LogP contribution in [-0.2, 0) is 10.0 Å². The van der Waals surface area contributed by atoms with E-state index >= 15 is 0 Å². The Bertz CT molecular complexity index is 654. The fourth-order valence-corrected chi connectivity index (χ4v) is 4.32. The molecule has 1 N–H and O–H groups in total. The number of halogens is 1. The number of benzene rings is 1. The Kier molecular flexibility index (Phi) is 8.35. The van der Waals surface area contributed by atoms with E-state index in [-0.39, 0.29) is 29.5 Å². The quantitative estimate of drug-likeness (QED) is 0.664. The van der Waals surface area contributed by atoms with Crippen LogP contribution in [0.4, 0.5) is 0 Å². The molecule has 0 bridgehead atoms. The van der Waals surface area contributed by atoms with Crippen molar-refractivity contribution in [1.82, 2.24) is 9.21 Å². The lowest BCUT2D eigenvalue weighted by atomic mass is 10.2. The predicted octanol–water partition coefficient (Wildman–Crippen LogP) is 2.32. The van der Waals surface area contributed by atoms with Crippen molar-refractivity contribution in [2.45, 2.75) is 32.1 Å². The van der Waals surface area contributed by atoms with Crippen LogP contribution in [0, 0.1) is 0 Å². The summed E-state index contributed by atoms with van der Waals surface area (Å²) in [7, 11) is -3.63. The summed E-state index contributed by atoms with van der Waals surface area (Å²) in [4.78, 5) is 14.3. The van der Waals surface area contributed by atoms with E-state index in [0.29, 0.717) is 24.1 Å². The van der Waals surface area contributed by atoms with Crippen LogP contribution in [0.3, 0.4) is 0 Å². The first-order chi connectivity index (χ1) is 11.3. The molecule has 1 amide bonds. The molecule has 0 aliphatic carbocycles. The van der Waals surface area contributed by atoms with Crippen LogP contribution in [0.15, 0.2) is 27.6 Å². The molecule has 1 aromatic rings. The van der Waals surface area contributed by atoms with Crippen molar-refractivity contribution in [2.24, 2.45) is 0 Å². The summed E-state index contributed by atoms with van der Waals surface area (Å²) in [6, 6.07) is 4.47. The smallest absolute Gasteiger partial charge is 0.255 e. The number of sulfonamides is 1. The number of aliphatic hydroxyl groups excluding tert-OH is 1. The second-order valence-corrected chi connectivity index (χ2v) is 8.04. The molecule has 8 heteroatoms. The van der Waals surface area contributed by atoms with Gasteiger partial charge in [-0.2, -0.15) is 4.31 Å². The van der Waals surface area contributed by atoms with Crippen molar-refractivity contribution in [3.05, 3.63) is 28.2 Å². The molecule has 0 saturated heterocycles. The van der Waals surface area contributed by atoms with E-state index in [2.05, 4.69) is 15.9 Å². The highest BCUT2D eigenvalue weighted by Gasteiger charge is 2.25. The first-order valence-electron chi connectivity index (χ1n) is 8.03. The van der Waals surface area contributed by atoms with E-state index in [0.717, 1.165) is 6.42 Å². The van der Waals surface area contributed by atoms with Gasteiger partial charge in [-0.1, -0.05) is 20.8 Å². The molecule has 0 unspecified atom stereocenters. The summed E-state index contributed by atoms with van der Waals surface area (Å²) in [6.45, 7) is 6.79. The van der Waals surface area contributed by atoms with Gasteiger partial charge in [-0.3, -0.25) is 4.79 Å². The van der Waals surface area contributed by atoms with Crippen molar-refractivity contribution >= 4 is 31.9 Å². The molecular formula is C16H25BrN2O4S. The summed E-state index contributed by atoms with van der Waals surface area (Å²) in [5, 5.41) is 9.14. The van der Waals surface area contributed by atoms with Crippen molar-refractivity contribution in [3.8, 4) is 0 Å². The molecule has 0 spiro atoms. The molecule has 0 aliphatic heterocycles. The summed E-state index contributed by atoms with van der Waals surface area (Å²) in [5.41, 5.74) is 0.283. The number of carbonyl (C=O) groups excluding carboxylic acids is 1. The Morgan fingerprint density at radius 1 is 1.17 bits per heavy atom. The zero-order valence-corrected chi connectivity index (χ0v) is 16.7. The minimum absolute atomic E-state index is 0.0956. The molecule has 1 aromatic carbocycles. The van der Waals surface area contributed by atoms with Gasteiger partial charge in [0.2, 0.25) is 10.0 Å². The van der Waals surface area contributed by atoms with E-state index in [1.54, 1.807) is 19.9 Å². The summed E-state index contributed by atoms with van der Waals surface area (Å²) in [6.07, 6.45) is 0.751. The topological polar surface area (TPSA) is 77.9 Å². The summed E-state index contributed by atoms with van der Waals surface area (Å²) < 4.78 is 27.2. The minimum atomic E-state index is -3.63. The molecule has 0 atom stereocenters. The average molecular weight is 421 g/mol. The summed E-state index contributed by atoms with van der Waals surface area (Å²) >= 11 is 3.32. The third-order valence-electron chi connectivity index (χ3n) is 3.66. The lowest BCUT2D eigenvalue weighted by molar-refractivity contribution is 0.0721. The van der Waals surface area contributed by atoms with Gasteiger partial charge < -0.3 is 10.0 Å². The molecule has 0 aliphatic rings. The molecular weight excluding hydrogens is 396 g/mol. The van der Waals surface area contributed by atoms with Crippen LogP contribution >= 0.6 is 15.9 Å². The second-order valence-electron chi connectivity index (χ2n) is 5.25. The number of rotatable bonds is 9. The largest absolute Gasteiger partial charge is 0.395 e. The number of hydrogen-bond donors (Lipinski definition) is 1. The Hall–Kier alpha value is -0.960. The standard InChI is InChI=1S/C16H25BrN2O4S/c1-4-9-18(10-11-20)16(21)14-12-13(7-8-15(14)17)24(22,23)19(5-2)6-3/h7-8,12,20H,4-6,9-11H2,1-3H3. The monoisotopic (exact) mass is 420 g/mol. The number of hydrogen-bond acceptors (Lipinski definition) is 4. The highest BCUT2D eigenvalue weighted by Crippen LogP contribution is 2.24. The molecule has 0 radical (unpaired) electrons.